The largest absolute Gasteiger partial charge is 0.326 e. The number of anilines is 1. The average molecular weight is 401 g/mol. The van der Waals surface area contributed by atoms with Crippen molar-refractivity contribution in [1.29, 1.82) is 0 Å². The van der Waals surface area contributed by atoms with Crippen molar-refractivity contribution in [2.75, 3.05) is 5.32 Å². The van der Waals surface area contributed by atoms with E-state index in [4.69, 9.17) is 11.6 Å². The fraction of sp³-hybridized carbons (Fsp3) is 0.158. The summed E-state index contributed by atoms with van der Waals surface area (Å²) in [6.07, 6.45) is 1.63. The molecule has 3 rings (SSSR count). The van der Waals surface area contributed by atoms with Gasteiger partial charge in [0.2, 0.25) is 11.8 Å². The lowest BCUT2D eigenvalue weighted by atomic mass is 10.2. The zero-order valence-electron chi connectivity index (χ0n) is 14.5. The van der Waals surface area contributed by atoms with Gasteiger partial charge in [0.25, 0.3) is 0 Å². The molecule has 1 saturated heterocycles. The topological polar surface area (TPSA) is 82.9 Å². The molecule has 1 aliphatic heterocycles. The number of nitrogens with one attached hydrogen (secondary N) is 2. The van der Waals surface area contributed by atoms with Gasteiger partial charge >= 0.3 is 0 Å². The molecule has 1 atom stereocenters. The SMILES string of the molecule is Cc1ccc(NC(=O)C[C@@H]2S/C(=N/N=C\c3ccccc3)NC2=O)cc1Cl. The van der Waals surface area contributed by atoms with Gasteiger partial charge in [-0.3, -0.25) is 9.59 Å². The number of carbonyl (C=O) groups is 2. The van der Waals surface area contributed by atoms with Crippen molar-refractivity contribution in [2.45, 2.75) is 18.6 Å². The molecule has 2 amide bonds. The van der Waals surface area contributed by atoms with Crippen LogP contribution < -0.4 is 10.6 Å². The lowest BCUT2D eigenvalue weighted by Gasteiger charge is -2.08. The van der Waals surface area contributed by atoms with Crippen LogP contribution >= 0.6 is 23.4 Å². The van der Waals surface area contributed by atoms with E-state index in [9.17, 15) is 9.59 Å². The molecule has 0 radical (unpaired) electrons. The van der Waals surface area contributed by atoms with E-state index in [1.54, 1.807) is 18.3 Å². The first-order valence-corrected chi connectivity index (χ1v) is 9.46. The summed E-state index contributed by atoms with van der Waals surface area (Å²) in [5.74, 6) is -0.526. The van der Waals surface area contributed by atoms with Crippen LogP contribution in [0.4, 0.5) is 5.69 Å². The summed E-state index contributed by atoms with van der Waals surface area (Å²) >= 11 is 7.24. The highest BCUT2D eigenvalue weighted by Gasteiger charge is 2.32. The van der Waals surface area contributed by atoms with Gasteiger partial charge < -0.3 is 10.6 Å². The molecule has 8 heteroatoms. The van der Waals surface area contributed by atoms with Gasteiger partial charge in [-0.1, -0.05) is 59.8 Å². The molecule has 1 aliphatic rings. The van der Waals surface area contributed by atoms with Gasteiger partial charge in [-0.15, -0.1) is 5.10 Å². The molecule has 0 aliphatic carbocycles. The van der Waals surface area contributed by atoms with E-state index in [1.807, 2.05) is 43.3 Å². The van der Waals surface area contributed by atoms with Crippen molar-refractivity contribution in [1.82, 2.24) is 5.32 Å². The Morgan fingerprint density at radius 3 is 2.81 bits per heavy atom. The first-order chi connectivity index (χ1) is 13.0. The molecule has 2 N–H and O–H groups in total. The van der Waals surface area contributed by atoms with Gasteiger partial charge in [-0.05, 0) is 30.2 Å². The van der Waals surface area contributed by atoms with Gasteiger partial charge in [0.1, 0.15) is 5.25 Å². The van der Waals surface area contributed by atoms with E-state index in [-0.39, 0.29) is 18.2 Å². The van der Waals surface area contributed by atoms with Gasteiger partial charge in [0.05, 0.1) is 6.21 Å². The second-order valence-electron chi connectivity index (χ2n) is 5.87. The van der Waals surface area contributed by atoms with Crippen LogP contribution in [-0.2, 0) is 9.59 Å². The Bertz CT molecular complexity index is 915. The summed E-state index contributed by atoms with van der Waals surface area (Å²) in [5, 5.41) is 13.8. The molecule has 138 valence electrons. The number of benzene rings is 2. The molecular weight excluding hydrogens is 384 g/mol. The van der Waals surface area contributed by atoms with Crippen LogP contribution in [0.2, 0.25) is 5.02 Å². The average Bonchev–Trinajstić information content (AvgIpc) is 2.98. The minimum atomic E-state index is -0.545. The normalized spacial score (nSPS) is 18.1. The lowest BCUT2D eigenvalue weighted by Crippen LogP contribution is -2.28. The van der Waals surface area contributed by atoms with E-state index in [1.165, 1.54) is 11.8 Å². The third kappa shape index (κ3) is 5.42. The van der Waals surface area contributed by atoms with Crippen LogP contribution in [0.5, 0.6) is 0 Å². The molecule has 6 nitrogen and oxygen atoms in total. The molecule has 0 unspecified atom stereocenters. The minimum Gasteiger partial charge on any atom is -0.326 e. The second-order valence-corrected chi connectivity index (χ2v) is 7.47. The maximum Gasteiger partial charge on any atom is 0.240 e. The lowest BCUT2D eigenvalue weighted by molar-refractivity contribution is -0.122. The highest BCUT2D eigenvalue weighted by atomic mass is 35.5. The maximum absolute atomic E-state index is 12.2. The van der Waals surface area contributed by atoms with Crippen molar-refractivity contribution in [2.24, 2.45) is 10.2 Å². The van der Waals surface area contributed by atoms with Crippen molar-refractivity contribution >= 4 is 52.2 Å². The molecule has 0 spiro atoms. The predicted octanol–water partition coefficient (Wildman–Crippen LogP) is 3.60. The Balaban J connectivity index is 1.55. The smallest absolute Gasteiger partial charge is 0.240 e. The molecular formula is C19H17ClN4O2S. The highest BCUT2D eigenvalue weighted by molar-refractivity contribution is 8.15. The maximum atomic E-state index is 12.2. The van der Waals surface area contributed by atoms with E-state index < -0.39 is 5.25 Å². The molecule has 0 bridgehead atoms. The number of hydrogen-bond donors (Lipinski definition) is 2. The summed E-state index contributed by atoms with van der Waals surface area (Å²) in [4.78, 5) is 24.2. The van der Waals surface area contributed by atoms with E-state index >= 15 is 0 Å². The number of carbonyl (C=O) groups excluding carboxylic acids is 2. The predicted molar refractivity (Wildman–Crippen MR) is 110 cm³/mol. The minimum absolute atomic E-state index is 0.0312. The third-order valence-electron chi connectivity index (χ3n) is 3.76. The van der Waals surface area contributed by atoms with E-state index in [0.29, 0.717) is 15.9 Å². The van der Waals surface area contributed by atoms with Gasteiger partial charge in [-0.25, -0.2) is 0 Å². The first kappa shape index (κ1) is 19.1. The van der Waals surface area contributed by atoms with Crippen LogP contribution in [0, 0.1) is 6.92 Å². The Morgan fingerprint density at radius 1 is 1.30 bits per heavy atom. The number of halogens is 1. The van der Waals surface area contributed by atoms with Gasteiger partial charge in [-0.2, -0.15) is 5.10 Å². The number of amides is 2. The highest BCUT2D eigenvalue weighted by Crippen LogP contribution is 2.24. The Labute approximate surface area is 166 Å². The van der Waals surface area contributed by atoms with Crippen molar-refractivity contribution in [3.8, 4) is 0 Å². The van der Waals surface area contributed by atoms with Crippen LogP contribution in [-0.4, -0.2) is 28.4 Å². The fourth-order valence-electron chi connectivity index (χ4n) is 2.32. The van der Waals surface area contributed by atoms with Crippen molar-refractivity contribution in [3.63, 3.8) is 0 Å². The Hall–Kier alpha value is -2.64. The number of amidine groups is 1. The summed E-state index contributed by atoms with van der Waals surface area (Å²) in [6.45, 7) is 1.88. The van der Waals surface area contributed by atoms with Crippen LogP contribution in [0.3, 0.4) is 0 Å². The first-order valence-electron chi connectivity index (χ1n) is 8.21. The number of thioether (sulfide) groups is 1. The van der Waals surface area contributed by atoms with Gasteiger partial charge in [0.15, 0.2) is 5.17 Å². The molecule has 0 saturated carbocycles. The molecule has 2 aromatic carbocycles. The fourth-order valence-corrected chi connectivity index (χ4v) is 3.43. The zero-order chi connectivity index (χ0) is 19.2. The number of hydrogen-bond acceptors (Lipinski definition) is 5. The summed E-state index contributed by atoms with van der Waals surface area (Å²) in [6, 6.07) is 14.8. The number of rotatable bonds is 5. The Kier molecular flexibility index (Phi) is 6.26. The monoisotopic (exact) mass is 400 g/mol. The molecule has 27 heavy (non-hydrogen) atoms. The quantitative estimate of drug-likeness (QED) is 0.594. The Morgan fingerprint density at radius 2 is 2.07 bits per heavy atom. The molecule has 1 heterocycles. The zero-order valence-corrected chi connectivity index (χ0v) is 16.1. The number of nitrogens with zero attached hydrogens (tertiary/aromatic N) is 2. The van der Waals surface area contributed by atoms with E-state index in [0.717, 1.165) is 11.1 Å². The van der Waals surface area contributed by atoms with E-state index in [2.05, 4.69) is 20.8 Å². The van der Waals surface area contributed by atoms with Gasteiger partial charge in [0, 0.05) is 17.1 Å². The van der Waals surface area contributed by atoms with Crippen LogP contribution in [0.25, 0.3) is 0 Å². The summed E-state index contributed by atoms with van der Waals surface area (Å²) < 4.78 is 0. The standard InChI is InChI=1S/C19H17ClN4O2S/c1-12-7-8-14(9-15(12)20)22-17(25)10-16-18(26)23-19(27-16)24-21-11-13-5-3-2-4-6-13/h2-9,11,16H,10H2,1H3,(H,22,25)(H,23,24,26)/b21-11-/t16-/m0/s1. The molecule has 0 aromatic heterocycles. The van der Waals surface area contributed by atoms with Crippen LogP contribution in [0.1, 0.15) is 17.5 Å². The molecule has 2 aromatic rings. The van der Waals surface area contributed by atoms with Crippen LogP contribution in [0.15, 0.2) is 58.7 Å². The number of aryl methyl sites for hydroxylation is 1. The third-order valence-corrected chi connectivity index (χ3v) is 5.24. The van der Waals surface area contributed by atoms with Crippen molar-refractivity contribution in [3.05, 3.63) is 64.7 Å². The molecule has 1 fully saturated rings. The van der Waals surface area contributed by atoms with Crippen molar-refractivity contribution < 1.29 is 9.59 Å². The second kappa shape index (κ2) is 8.83. The summed E-state index contributed by atoms with van der Waals surface area (Å²) in [7, 11) is 0. The summed E-state index contributed by atoms with van der Waals surface area (Å²) in [5.41, 5.74) is 2.43.